The van der Waals surface area contributed by atoms with Gasteiger partial charge in [-0.25, -0.2) is 0 Å². The van der Waals surface area contributed by atoms with Crippen molar-refractivity contribution in [1.82, 2.24) is 4.90 Å². The Morgan fingerprint density at radius 2 is 1.65 bits per heavy atom. The van der Waals surface area contributed by atoms with Crippen LogP contribution in [-0.2, 0) is 4.74 Å². The Morgan fingerprint density at radius 1 is 1.00 bits per heavy atom. The number of morpholine rings is 1. The molecule has 1 atom stereocenters. The summed E-state index contributed by atoms with van der Waals surface area (Å²) < 4.78 is 5.79. The lowest BCUT2D eigenvalue weighted by atomic mass is 10.1. The molecule has 1 fully saturated rings. The lowest BCUT2D eigenvalue weighted by Gasteiger charge is -2.33. The molecule has 3 heteroatoms. The molecule has 1 aliphatic heterocycles. The molecule has 20 heavy (non-hydrogen) atoms. The summed E-state index contributed by atoms with van der Waals surface area (Å²) in [6.45, 7) is 1.84. The predicted octanol–water partition coefficient (Wildman–Crippen LogP) is 2.90. The summed E-state index contributed by atoms with van der Waals surface area (Å²) in [5.41, 5.74) is 1.86. The third kappa shape index (κ3) is 2.73. The van der Waals surface area contributed by atoms with Crippen LogP contribution in [0.25, 0.3) is 0 Å². The monoisotopic (exact) mass is 267 g/mol. The molecule has 0 bridgehead atoms. The van der Waals surface area contributed by atoms with Crippen LogP contribution in [0, 0.1) is 0 Å². The van der Waals surface area contributed by atoms with Crippen molar-refractivity contribution in [3.05, 3.63) is 71.8 Å². The second kappa shape index (κ2) is 5.88. The Labute approximate surface area is 118 Å². The van der Waals surface area contributed by atoms with Gasteiger partial charge in [-0.15, -0.1) is 0 Å². The van der Waals surface area contributed by atoms with Crippen LogP contribution >= 0.6 is 0 Å². The van der Waals surface area contributed by atoms with E-state index in [2.05, 4.69) is 0 Å². The summed E-state index contributed by atoms with van der Waals surface area (Å²) >= 11 is 0. The Hall–Kier alpha value is -2.13. The van der Waals surface area contributed by atoms with Crippen LogP contribution in [-0.4, -0.2) is 30.5 Å². The SMILES string of the molecule is O=C(c1ccccc1)N1CCOC(c2ccccc2)C1. The van der Waals surface area contributed by atoms with Crippen molar-refractivity contribution >= 4 is 5.91 Å². The van der Waals surface area contributed by atoms with Gasteiger partial charge in [-0.05, 0) is 17.7 Å². The molecule has 2 aromatic carbocycles. The number of hydrogen-bond donors (Lipinski definition) is 0. The van der Waals surface area contributed by atoms with Crippen molar-refractivity contribution in [3.8, 4) is 0 Å². The van der Waals surface area contributed by atoms with E-state index >= 15 is 0 Å². The van der Waals surface area contributed by atoms with Crippen molar-refractivity contribution in [2.24, 2.45) is 0 Å². The second-order valence-electron chi connectivity index (χ2n) is 4.89. The zero-order valence-electron chi connectivity index (χ0n) is 11.2. The number of carbonyl (C=O) groups is 1. The fourth-order valence-electron chi connectivity index (χ4n) is 2.47. The number of amides is 1. The molecule has 0 spiro atoms. The Bertz CT molecular complexity index is 568. The fourth-order valence-corrected chi connectivity index (χ4v) is 2.47. The van der Waals surface area contributed by atoms with E-state index in [1.54, 1.807) is 0 Å². The van der Waals surface area contributed by atoms with Crippen molar-refractivity contribution < 1.29 is 9.53 Å². The summed E-state index contributed by atoms with van der Waals surface area (Å²) in [6, 6.07) is 19.5. The van der Waals surface area contributed by atoms with Gasteiger partial charge in [0.25, 0.3) is 5.91 Å². The molecule has 3 rings (SSSR count). The summed E-state index contributed by atoms with van der Waals surface area (Å²) in [5, 5.41) is 0. The van der Waals surface area contributed by atoms with E-state index in [0.717, 1.165) is 11.1 Å². The van der Waals surface area contributed by atoms with Crippen LogP contribution in [0.5, 0.6) is 0 Å². The molecular weight excluding hydrogens is 250 g/mol. The summed E-state index contributed by atoms with van der Waals surface area (Å²) in [5.74, 6) is 0.0785. The number of rotatable bonds is 2. The first kappa shape index (κ1) is 12.9. The van der Waals surface area contributed by atoms with E-state index in [9.17, 15) is 4.79 Å². The highest BCUT2D eigenvalue weighted by molar-refractivity contribution is 5.94. The van der Waals surface area contributed by atoms with Crippen LogP contribution in [0.3, 0.4) is 0 Å². The first-order valence-electron chi connectivity index (χ1n) is 6.85. The number of carbonyl (C=O) groups excluding carboxylic acids is 1. The maximum atomic E-state index is 12.4. The first-order valence-corrected chi connectivity index (χ1v) is 6.85. The molecule has 0 aromatic heterocycles. The normalized spacial score (nSPS) is 18.8. The van der Waals surface area contributed by atoms with E-state index in [1.165, 1.54) is 0 Å². The lowest BCUT2D eigenvalue weighted by molar-refractivity contribution is -0.0228. The highest BCUT2D eigenvalue weighted by Crippen LogP contribution is 2.22. The van der Waals surface area contributed by atoms with Crippen LogP contribution in [0.2, 0.25) is 0 Å². The zero-order valence-corrected chi connectivity index (χ0v) is 11.2. The van der Waals surface area contributed by atoms with Gasteiger partial charge in [0.15, 0.2) is 0 Å². The topological polar surface area (TPSA) is 29.5 Å². The fraction of sp³-hybridized carbons (Fsp3) is 0.235. The maximum Gasteiger partial charge on any atom is 0.254 e. The van der Waals surface area contributed by atoms with Crippen molar-refractivity contribution in [2.75, 3.05) is 19.7 Å². The van der Waals surface area contributed by atoms with Crippen molar-refractivity contribution in [2.45, 2.75) is 6.10 Å². The molecule has 0 N–H and O–H groups in total. The van der Waals surface area contributed by atoms with Crippen LogP contribution in [0.1, 0.15) is 22.0 Å². The second-order valence-corrected chi connectivity index (χ2v) is 4.89. The molecule has 2 aromatic rings. The third-order valence-corrected chi connectivity index (χ3v) is 3.55. The van der Waals surface area contributed by atoms with Gasteiger partial charge in [0.1, 0.15) is 6.10 Å². The van der Waals surface area contributed by atoms with E-state index in [1.807, 2.05) is 65.6 Å². The largest absolute Gasteiger partial charge is 0.370 e. The van der Waals surface area contributed by atoms with Gasteiger partial charge in [0.05, 0.1) is 13.2 Å². The lowest BCUT2D eigenvalue weighted by Crippen LogP contribution is -2.42. The van der Waals surface area contributed by atoms with Crippen molar-refractivity contribution in [3.63, 3.8) is 0 Å². The van der Waals surface area contributed by atoms with Crippen LogP contribution in [0.15, 0.2) is 60.7 Å². The summed E-state index contributed by atoms with van der Waals surface area (Å²) in [7, 11) is 0. The van der Waals surface area contributed by atoms with Gasteiger partial charge in [0, 0.05) is 12.1 Å². The highest BCUT2D eigenvalue weighted by atomic mass is 16.5. The number of benzene rings is 2. The van der Waals surface area contributed by atoms with E-state index in [0.29, 0.717) is 19.7 Å². The molecule has 1 unspecified atom stereocenters. The molecular formula is C17H17NO2. The number of hydrogen-bond acceptors (Lipinski definition) is 2. The third-order valence-electron chi connectivity index (χ3n) is 3.55. The minimum Gasteiger partial charge on any atom is -0.370 e. The highest BCUT2D eigenvalue weighted by Gasteiger charge is 2.25. The molecule has 1 heterocycles. The minimum atomic E-state index is -0.0300. The zero-order chi connectivity index (χ0) is 13.8. The number of ether oxygens (including phenoxy) is 1. The molecule has 0 radical (unpaired) electrons. The molecule has 1 amide bonds. The molecule has 102 valence electrons. The van der Waals surface area contributed by atoms with Gasteiger partial charge >= 0.3 is 0 Å². The average molecular weight is 267 g/mol. The maximum absolute atomic E-state index is 12.4. The van der Waals surface area contributed by atoms with E-state index in [4.69, 9.17) is 4.74 Å². The van der Waals surface area contributed by atoms with Crippen LogP contribution < -0.4 is 0 Å². The predicted molar refractivity (Wildman–Crippen MR) is 77.5 cm³/mol. The van der Waals surface area contributed by atoms with E-state index in [-0.39, 0.29) is 12.0 Å². The summed E-state index contributed by atoms with van der Waals surface area (Å²) in [6.07, 6.45) is -0.0300. The smallest absolute Gasteiger partial charge is 0.254 e. The minimum absolute atomic E-state index is 0.0300. The summed E-state index contributed by atoms with van der Waals surface area (Å²) in [4.78, 5) is 14.3. The van der Waals surface area contributed by atoms with Gasteiger partial charge in [-0.1, -0.05) is 48.5 Å². The van der Waals surface area contributed by atoms with Crippen LogP contribution in [0.4, 0.5) is 0 Å². The molecule has 0 saturated carbocycles. The van der Waals surface area contributed by atoms with Gasteiger partial charge in [-0.3, -0.25) is 4.79 Å². The quantitative estimate of drug-likeness (QED) is 0.837. The van der Waals surface area contributed by atoms with Crippen molar-refractivity contribution in [1.29, 1.82) is 0 Å². The number of nitrogens with zero attached hydrogens (tertiary/aromatic N) is 1. The Balaban J connectivity index is 1.74. The van der Waals surface area contributed by atoms with Gasteiger partial charge in [0.2, 0.25) is 0 Å². The molecule has 3 nitrogen and oxygen atoms in total. The van der Waals surface area contributed by atoms with Gasteiger partial charge < -0.3 is 9.64 Å². The molecule has 0 aliphatic carbocycles. The first-order chi connectivity index (χ1) is 9.84. The molecule has 1 aliphatic rings. The Morgan fingerprint density at radius 3 is 2.35 bits per heavy atom. The Kier molecular flexibility index (Phi) is 3.79. The van der Waals surface area contributed by atoms with Gasteiger partial charge in [-0.2, -0.15) is 0 Å². The average Bonchev–Trinajstić information content (AvgIpc) is 2.56. The molecule has 1 saturated heterocycles. The standard InChI is InChI=1S/C17H17NO2/c19-17(15-9-5-2-6-10-15)18-11-12-20-16(13-18)14-7-3-1-4-8-14/h1-10,16H,11-13H2. The van der Waals surface area contributed by atoms with E-state index < -0.39 is 0 Å².